The van der Waals surface area contributed by atoms with Crippen molar-refractivity contribution in [2.75, 3.05) is 30.8 Å². The maximum absolute atomic E-state index is 12.5. The number of anilines is 2. The number of nitrogens with two attached hydrogens (primary N) is 1. The number of nitrogen functional groups attached to an aromatic ring is 1. The second-order valence-electron chi connectivity index (χ2n) is 6.42. The Morgan fingerprint density at radius 3 is 2.71 bits per heavy atom. The monoisotopic (exact) mass is 287 g/mol. The van der Waals surface area contributed by atoms with Gasteiger partial charge in [0.05, 0.1) is 6.54 Å². The second kappa shape index (κ2) is 6.06. The first-order valence-electron chi connectivity index (χ1n) is 8.01. The average molecular weight is 287 g/mol. The third kappa shape index (κ3) is 3.05. The Balaban J connectivity index is 1.63. The number of benzene rings is 1. The number of rotatable bonds is 3. The van der Waals surface area contributed by atoms with Crippen LogP contribution < -0.4 is 10.6 Å². The summed E-state index contributed by atoms with van der Waals surface area (Å²) in [7, 11) is 1.85. The summed E-state index contributed by atoms with van der Waals surface area (Å²) < 4.78 is 0. The molecule has 114 valence electrons. The first kappa shape index (κ1) is 14.4. The van der Waals surface area contributed by atoms with Crippen molar-refractivity contribution in [3.63, 3.8) is 0 Å². The van der Waals surface area contributed by atoms with Crippen molar-refractivity contribution in [3.8, 4) is 0 Å². The van der Waals surface area contributed by atoms with Gasteiger partial charge in [-0.2, -0.15) is 0 Å². The first-order chi connectivity index (χ1) is 10.1. The van der Waals surface area contributed by atoms with Gasteiger partial charge in [0.2, 0.25) is 5.91 Å². The van der Waals surface area contributed by atoms with Gasteiger partial charge in [0.25, 0.3) is 0 Å². The summed E-state index contributed by atoms with van der Waals surface area (Å²) in [4.78, 5) is 16.7. The number of carbonyl (C=O) groups excluding carboxylic acids is 1. The maximum atomic E-state index is 12.5. The Bertz CT molecular complexity index is 499. The van der Waals surface area contributed by atoms with E-state index in [2.05, 4.69) is 4.90 Å². The molecule has 2 fully saturated rings. The van der Waals surface area contributed by atoms with Crippen LogP contribution in [0, 0.1) is 5.92 Å². The third-order valence-electron chi connectivity index (χ3n) is 5.10. The van der Waals surface area contributed by atoms with Crippen LogP contribution in [0.2, 0.25) is 0 Å². The summed E-state index contributed by atoms with van der Waals surface area (Å²) in [6.07, 6.45) is 6.53. The molecule has 2 unspecified atom stereocenters. The highest BCUT2D eigenvalue weighted by Gasteiger charge is 2.35. The van der Waals surface area contributed by atoms with Crippen LogP contribution in [0.4, 0.5) is 11.4 Å². The van der Waals surface area contributed by atoms with Gasteiger partial charge in [-0.25, -0.2) is 0 Å². The minimum Gasteiger partial charge on any atom is -0.399 e. The molecule has 2 aliphatic rings. The van der Waals surface area contributed by atoms with Crippen LogP contribution >= 0.6 is 0 Å². The highest BCUT2D eigenvalue weighted by molar-refractivity contribution is 5.94. The maximum Gasteiger partial charge on any atom is 0.240 e. The van der Waals surface area contributed by atoms with Gasteiger partial charge in [0, 0.05) is 24.5 Å². The van der Waals surface area contributed by atoms with E-state index in [1.807, 2.05) is 31.3 Å². The van der Waals surface area contributed by atoms with E-state index in [0.29, 0.717) is 12.6 Å². The number of hydrogen-bond acceptors (Lipinski definition) is 3. The standard InChI is InChI=1S/C17H25N3O/c1-19(15-9-7-14(18)8-10-15)17(21)12-20-11-3-5-13-4-2-6-16(13)20/h7-10,13,16H,2-6,11-12,18H2,1H3. The van der Waals surface area contributed by atoms with E-state index < -0.39 is 0 Å². The van der Waals surface area contributed by atoms with E-state index in [0.717, 1.165) is 23.8 Å². The Kier molecular flexibility index (Phi) is 4.15. The predicted octanol–water partition coefficient (Wildman–Crippen LogP) is 2.50. The Morgan fingerprint density at radius 1 is 1.24 bits per heavy atom. The summed E-state index contributed by atoms with van der Waals surface area (Å²) in [5.41, 5.74) is 7.34. The van der Waals surface area contributed by atoms with Crippen molar-refractivity contribution in [1.82, 2.24) is 4.90 Å². The van der Waals surface area contributed by atoms with Gasteiger partial charge in [-0.3, -0.25) is 9.69 Å². The Labute approximate surface area is 126 Å². The van der Waals surface area contributed by atoms with Gasteiger partial charge in [0.15, 0.2) is 0 Å². The fourth-order valence-electron chi connectivity index (χ4n) is 3.88. The van der Waals surface area contributed by atoms with Gasteiger partial charge >= 0.3 is 0 Å². The lowest BCUT2D eigenvalue weighted by Gasteiger charge is -2.38. The smallest absolute Gasteiger partial charge is 0.240 e. The zero-order valence-corrected chi connectivity index (χ0v) is 12.8. The molecule has 0 bridgehead atoms. The van der Waals surface area contributed by atoms with Crippen LogP contribution in [-0.4, -0.2) is 37.0 Å². The fraction of sp³-hybridized carbons (Fsp3) is 0.588. The molecule has 0 radical (unpaired) electrons. The van der Waals surface area contributed by atoms with E-state index in [9.17, 15) is 4.79 Å². The lowest BCUT2D eigenvalue weighted by atomic mass is 9.92. The molecule has 21 heavy (non-hydrogen) atoms. The number of amides is 1. The predicted molar refractivity (Wildman–Crippen MR) is 86.2 cm³/mol. The molecule has 1 saturated heterocycles. The minimum absolute atomic E-state index is 0.173. The van der Waals surface area contributed by atoms with Crippen molar-refractivity contribution in [1.29, 1.82) is 0 Å². The number of fused-ring (bicyclic) bond motifs is 1. The first-order valence-corrected chi connectivity index (χ1v) is 8.01. The summed E-state index contributed by atoms with van der Waals surface area (Å²) in [5, 5.41) is 0. The van der Waals surface area contributed by atoms with E-state index >= 15 is 0 Å². The molecule has 4 nitrogen and oxygen atoms in total. The number of carbonyl (C=O) groups is 1. The van der Waals surface area contributed by atoms with Crippen LogP contribution in [0.3, 0.4) is 0 Å². The van der Waals surface area contributed by atoms with Gasteiger partial charge in [0.1, 0.15) is 0 Å². The Morgan fingerprint density at radius 2 is 1.95 bits per heavy atom. The minimum atomic E-state index is 0.173. The van der Waals surface area contributed by atoms with Crippen molar-refractivity contribution in [2.45, 2.75) is 38.1 Å². The normalized spacial score (nSPS) is 25.6. The summed E-state index contributed by atoms with van der Waals surface area (Å²) in [6, 6.07) is 8.13. The molecule has 1 aromatic carbocycles. The van der Waals surface area contributed by atoms with Gasteiger partial charge in [-0.15, -0.1) is 0 Å². The van der Waals surface area contributed by atoms with E-state index in [4.69, 9.17) is 5.73 Å². The molecular formula is C17H25N3O. The second-order valence-corrected chi connectivity index (χ2v) is 6.42. The van der Waals surface area contributed by atoms with Crippen LogP contribution in [0.25, 0.3) is 0 Å². The molecule has 0 spiro atoms. The van der Waals surface area contributed by atoms with E-state index in [1.165, 1.54) is 32.1 Å². The molecule has 1 aliphatic heterocycles. The molecule has 1 aromatic rings. The number of likely N-dealkylation sites (tertiary alicyclic amines) is 1. The molecule has 3 rings (SSSR count). The fourth-order valence-corrected chi connectivity index (χ4v) is 3.88. The van der Waals surface area contributed by atoms with E-state index in [-0.39, 0.29) is 5.91 Å². The third-order valence-corrected chi connectivity index (χ3v) is 5.10. The zero-order chi connectivity index (χ0) is 14.8. The zero-order valence-electron chi connectivity index (χ0n) is 12.8. The quantitative estimate of drug-likeness (QED) is 0.869. The summed E-state index contributed by atoms with van der Waals surface area (Å²) >= 11 is 0. The van der Waals surface area contributed by atoms with Crippen LogP contribution in [-0.2, 0) is 4.79 Å². The molecule has 2 atom stereocenters. The molecule has 2 N–H and O–H groups in total. The van der Waals surface area contributed by atoms with Crippen molar-refractivity contribution in [3.05, 3.63) is 24.3 Å². The van der Waals surface area contributed by atoms with Gasteiger partial charge in [-0.05, 0) is 62.4 Å². The number of piperidine rings is 1. The van der Waals surface area contributed by atoms with E-state index in [1.54, 1.807) is 4.90 Å². The molecule has 4 heteroatoms. The molecule has 1 aliphatic carbocycles. The number of nitrogens with zero attached hydrogens (tertiary/aromatic N) is 2. The van der Waals surface area contributed by atoms with Crippen LogP contribution in [0.5, 0.6) is 0 Å². The highest BCUT2D eigenvalue weighted by Crippen LogP contribution is 2.36. The van der Waals surface area contributed by atoms with Gasteiger partial charge < -0.3 is 10.6 Å². The number of hydrogen-bond donors (Lipinski definition) is 1. The lowest BCUT2D eigenvalue weighted by molar-refractivity contribution is -0.120. The van der Waals surface area contributed by atoms with Crippen molar-refractivity contribution >= 4 is 17.3 Å². The Hall–Kier alpha value is -1.55. The largest absolute Gasteiger partial charge is 0.399 e. The average Bonchev–Trinajstić information content (AvgIpc) is 2.97. The van der Waals surface area contributed by atoms with Crippen molar-refractivity contribution < 1.29 is 4.79 Å². The molecule has 1 amide bonds. The van der Waals surface area contributed by atoms with Crippen LogP contribution in [0.1, 0.15) is 32.1 Å². The van der Waals surface area contributed by atoms with Gasteiger partial charge in [-0.1, -0.05) is 6.42 Å². The summed E-state index contributed by atoms with van der Waals surface area (Å²) in [5.74, 6) is 1.00. The molecule has 1 heterocycles. The molecule has 1 saturated carbocycles. The van der Waals surface area contributed by atoms with Crippen molar-refractivity contribution in [2.24, 2.45) is 5.92 Å². The highest BCUT2D eigenvalue weighted by atomic mass is 16.2. The number of likely N-dealkylation sites (N-methyl/N-ethyl adjacent to an activating group) is 1. The molecule has 0 aromatic heterocycles. The SMILES string of the molecule is CN(C(=O)CN1CCCC2CCCC21)c1ccc(N)cc1. The summed E-state index contributed by atoms with van der Waals surface area (Å²) in [6.45, 7) is 1.62. The topological polar surface area (TPSA) is 49.6 Å². The lowest BCUT2D eigenvalue weighted by Crippen LogP contribution is -2.47. The van der Waals surface area contributed by atoms with Crippen LogP contribution in [0.15, 0.2) is 24.3 Å². The molecular weight excluding hydrogens is 262 g/mol.